The van der Waals surface area contributed by atoms with Crippen molar-refractivity contribution in [1.29, 1.82) is 0 Å². The van der Waals surface area contributed by atoms with Gasteiger partial charge in [-0.05, 0) is 20.8 Å². The molecule has 1 aliphatic heterocycles. The summed E-state index contributed by atoms with van der Waals surface area (Å²) in [6.45, 7) is 7.74. The Kier molecular flexibility index (Phi) is 3.97. The van der Waals surface area contributed by atoms with Crippen LogP contribution in [-0.2, 0) is 9.47 Å². The molecule has 1 fully saturated rings. The van der Waals surface area contributed by atoms with Crippen LogP contribution in [-0.4, -0.2) is 31.0 Å². The van der Waals surface area contributed by atoms with Crippen molar-refractivity contribution < 1.29 is 9.47 Å². The Bertz CT molecular complexity index is 140. The summed E-state index contributed by atoms with van der Waals surface area (Å²) in [5.74, 6) is 0. The van der Waals surface area contributed by atoms with Crippen molar-refractivity contribution in [3.63, 3.8) is 0 Å². The van der Waals surface area contributed by atoms with E-state index in [2.05, 4.69) is 0 Å². The molecule has 0 aromatic heterocycles. The fraction of sp³-hybridized carbons (Fsp3) is 1.00. The van der Waals surface area contributed by atoms with Crippen molar-refractivity contribution in [2.24, 2.45) is 5.73 Å². The first-order chi connectivity index (χ1) is 4.97. The molecule has 0 bridgehead atoms. The summed E-state index contributed by atoms with van der Waals surface area (Å²) in [5.41, 5.74) is 5.11. The van der Waals surface area contributed by atoms with Crippen LogP contribution in [0, 0.1) is 0 Å². The molecule has 1 unspecified atom stereocenters. The smallest absolute Gasteiger partial charge is 0.101 e. The van der Waals surface area contributed by atoms with Gasteiger partial charge in [0.2, 0.25) is 0 Å². The molecule has 1 rings (SSSR count). The molecule has 1 heterocycles. The summed E-state index contributed by atoms with van der Waals surface area (Å²) >= 11 is 0. The highest BCUT2D eigenvalue weighted by molar-refractivity contribution is 5.85. The number of halogens is 1. The Hall–Kier alpha value is 0.170. The molecule has 0 amide bonds. The van der Waals surface area contributed by atoms with Gasteiger partial charge in [-0.1, -0.05) is 0 Å². The molecular weight excluding hydrogens is 178 g/mol. The number of rotatable bonds is 1. The van der Waals surface area contributed by atoms with Crippen molar-refractivity contribution in [3.8, 4) is 0 Å². The van der Waals surface area contributed by atoms with E-state index < -0.39 is 0 Å². The maximum absolute atomic E-state index is 5.58. The molecule has 0 aromatic rings. The maximum atomic E-state index is 5.58. The predicted molar refractivity (Wildman–Crippen MR) is 50.7 cm³/mol. The lowest BCUT2D eigenvalue weighted by atomic mass is 10.0. The third-order valence-electron chi connectivity index (χ3n) is 1.97. The number of hydrogen-bond acceptors (Lipinski definition) is 3. The Morgan fingerprint density at radius 2 is 1.75 bits per heavy atom. The SMILES string of the molecule is CC1(C)COC(C)(CN)CO1.Cl. The third-order valence-corrected chi connectivity index (χ3v) is 1.97. The topological polar surface area (TPSA) is 44.5 Å². The van der Waals surface area contributed by atoms with E-state index in [-0.39, 0.29) is 23.6 Å². The zero-order chi connectivity index (χ0) is 8.54. The maximum Gasteiger partial charge on any atom is 0.101 e. The standard InChI is InChI=1S/C8H17NO2.ClH/c1-7(2)5-11-8(3,4-9)6-10-7;/h4-6,9H2,1-3H3;1H. The first-order valence-corrected chi connectivity index (χ1v) is 3.95. The van der Waals surface area contributed by atoms with E-state index >= 15 is 0 Å². The van der Waals surface area contributed by atoms with Crippen LogP contribution >= 0.6 is 12.4 Å². The van der Waals surface area contributed by atoms with Crippen molar-refractivity contribution in [2.75, 3.05) is 19.8 Å². The van der Waals surface area contributed by atoms with E-state index in [1.54, 1.807) is 0 Å². The largest absolute Gasteiger partial charge is 0.370 e. The van der Waals surface area contributed by atoms with E-state index in [0.29, 0.717) is 19.8 Å². The second-order valence-electron chi connectivity index (χ2n) is 3.99. The van der Waals surface area contributed by atoms with Gasteiger partial charge in [-0.3, -0.25) is 0 Å². The fourth-order valence-corrected chi connectivity index (χ4v) is 0.897. The summed E-state index contributed by atoms with van der Waals surface area (Å²) in [6.07, 6.45) is 0. The molecular formula is C8H18ClNO2. The van der Waals surface area contributed by atoms with Crippen molar-refractivity contribution in [2.45, 2.75) is 32.0 Å². The first kappa shape index (κ1) is 12.2. The molecule has 74 valence electrons. The zero-order valence-electron chi connectivity index (χ0n) is 7.92. The number of hydrogen-bond donors (Lipinski definition) is 1. The van der Waals surface area contributed by atoms with E-state index in [0.717, 1.165) is 0 Å². The lowest BCUT2D eigenvalue weighted by molar-refractivity contribution is -0.212. The van der Waals surface area contributed by atoms with Crippen molar-refractivity contribution in [1.82, 2.24) is 0 Å². The summed E-state index contributed by atoms with van der Waals surface area (Å²) in [5, 5.41) is 0. The lowest BCUT2D eigenvalue weighted by Crippen LogP contribution is -2.52. The van der Waals surface area contributed by atoms with Crippen LogP contribution in [0.15, 0.2) is 0 Å². The highest BCUT2D eigenvalue weighted by atomic mass is 35.5. The van der Waals surface area contributed by atoms with Gasteiger partial charge >= 0.3 is 0 Å². The molecule has 0 aliphatic carbocycles. The Labute approximate surface area is 80.0 Å². The van der Waals surface area contributed by atoms with Gasteiger partial charge in [0, 0.05) is 6.54 Å². The quantitative estimate of drug-likeness (QED) is 0.678. The Morgan fingerprint density at radius 1 is 1.17 bits per heavy atom. The molecule has 0 radical (unpaired) electrons. The summed E-state index contributed by atoms with van der Waals surface area (Å²) < 4.78 is 11.1. The Morgan fingerprint density at radius 3 is 2.08 bits per heavy atom. The van der Waals surface area contributed by atoms with Crippen LogP contribution in [0.2, 0.25) is 0 Å². The minimum atomic E-state index is -0.268. The minimum absolute atomic E-state index is 0. The highest BCUT2D eigenvalue weighted by Gasteiger charge is 2.35. The zero-order valence-corrected chi connectivity index (χ0v) is 8.74. The average Bonchev–Trinajstić information content (AvgIpc) is 1.97. The predicted octanol–water partition coefficient (Wildman–Crippen LogP) is 0.951. The molecule has 1 aliphatic rings. The molecule has 3 nitrogen and oxygen atoms in total. The van der Waals surface area contributed by atoms with E-state index in [1.807, 2.05) is 20.8 Å². The number of ether oxygens (including phenoxy) is 2. The normalized spacial score (nSPS) is 34.0. The third kappa shape index (κ3) is 2.90. The van der Waals surface area contributed by atoms with E-state index in [4.69, 9.17) is 15.2 Å². The average molecular weight is 196 g/mol. The van der Waals surface area contributed by atoms with Gasteiger partial charge in [0.15, 0.2) is 0 Å². The highest BCUT2D eigenvalue weighted by Crippen LogP contribution is 2.23. The first-order valence-electron chi connectivity index (χ1n) is 3.95. The van der Waals surface area contributed by atoms with Gasteiger partial charge < -0.3 is 15.2 Å². The lowest BCUT2D eigenvalue weighted by Gasteiger charge is -2.40. The van der Waals surface area contributed by atoms with Crippen molar-refractivity contribution >= 4 is 12.4 Å². The second-order valence-corrected chi connectivity index (χ2v) is 3.99. The van der Waals surface area contributed by atoms with Gasteiger partial charge in [-0.15, -0.1) is 12.4 Å². The molecule has 0 aromatic carbocycles. The minimum Gasteiger partial charge on any atom is -0.370 e. The second kappa shape index (κ2) is 3.92. The van der Waals surface area contributed by atoms with Crippen LogP contribution < -0.4 is 5.73 Å². The molecule has 1 atom stereocenters. The summed E-state index contributed by atoms with van der Waals surface area (Å²) in [4.78, 5) is 0. The molecule has 4 heteroatoms. The van der Waals surface area contributed by atoms with Crippen molar-refractivity contribution in [3.05, 3.63) is 0 Å². The van der Waals surface area contributed by atoms with Crippen LogP contribution in [0.3, 0.4) is 0 Å². The summed E-state index contributed by atoms with van der Waals surface area (Å²) in [6, 6.07) is 0. The van der Waals surface area contributed by atoms with Gasteiger partial charge in [0.1, 0.15) is 5.60 Å². The molecule has 0 saturated carbocycles. The molecule has 12 heavy (non-hydrogen) atoms. The molecule has 0 spiro atoms. The van der Waals surface area contributed by atoms with Gasteiger partial charge in [0.05, 0.1) is 18.8 Å². The van der Waals surface area contributed by atoms with E-state index in [1.165, 1.54) is 0 Å². The molecule has 2 N–H and O–H groups in total. The molecule has 1 saturated heterocycles. The van der Waals surface area contributed by atoms with Crippen LogP contribution in [0.25, 0.3) is 0 Å². The van der Waals surface area contributed by atoms with Gasteiger partial charge in [-0.2, -0.15) is 0 Å². The van der Waals surface area contributed by atoms with Crippen LogP contribution in [0.4, 0.5) is 0 Å². The number of nitrogens with two attached hydrogens (primary N) is 1. The van der Waals surface area contributed by atoms with Crippen LogP contribution in [0.5, 0.6) is 0 Å². The van der Waals surface area contributed by atoms with Crippen LogP contribution in [0.1, 0.15) is 20.8 Å². The van der Waals surface area contributed by atoms with Gasteiger partial charge in [0.25, 0.3) is 0 Å². The summed E-state index contributed by atoms with van der Waals surface area (Å²) in [7, 11) is 0. The van der Waals surface area contributed by atoms with Gasteiger partial charge in [-0.25, -0.2) is 0 Å². The van der Waals surface area contributed by atoms with E-state index in [9.17, 15) is 0 Å². The monoisotopic (exact) mass is 195 g/mol. The fourth-order valence-electron chi connectivity index (χ4n) is 0.897. The Balaban J connectivity index is 0.00000121.